The van der Waals surface area contributed by atoms with Gasteiger partial charge in [0.15, 0.2) is 0 Å². The Morgan fingerprint density at radius 3 is 2.95 bits per heavy atom. The second-order valence-corrected chi connectivity index (χ2v) is 5.67. The smallest absolute Gasteiger partial charge is 0.252 e. The summed E-state index contributed by atoms with van der Waals surface area (Å²) in [5, 5.41) is 4.55. The molecule has 1 aromatic carbocycles. The molecular formula is C16H20N2O. The second-order valence-electron chi connectivity index (χ2n) is 5.67. The van der Waals surface area contributed by atoms with Gasteiger partial charge in [0.2, 0.25) is 0 Å². The highest BCUT2D eigenvalue weighted by atomic mass is 16.1. The molecule has 1 saturated carbocycles. The third-order valence-electron chi connectivity index (χ3n) is 3.86. The zero-order chi connectivity index (χ0) is 13.2. The van der Waals surface area contributed by atoms with Crippen molar-refractivity contribution in [2.45, 2.75) is 38.8 Å². The Kier molecular flexibility index (Phi) is 3.38. The highest BCUT2D eigenvalue weighted by Gasteiger charge is 2.23. The Balaban J connectivity index is 1.72. The first-order chi connectivity index (χ1) is 9.22. The van der Waals surface area contributed by atoms with E-state index in [0.29, 0.717) is 12.6 Å². The largest absolute Gasteiger partial charge is 0.322 e. The van der Waals surface area contributed by atoms with Crippen LogP contribution in [0, 0.1) is 5.92 Å². The molecule has 1 unspecified atom stereocenters. The molecule has 0 bridgehead atoms. The van der Waals surface area contributed by atoms with Gasteiger partial charge in [-0.25, -0.2) is 0 Å². The number of nitrogens with one attached hydrogen (secondary N) is 2. The molecule has 100 valence electrons. The molecule has 0 saturated heterocycles. The molecule has 0 radical (unpaired) electrons. The first kappa shape index (κ1) is 12.4. The lowest BCUT2D eigenvalue weighted by Gasteiger charge is -2.13. The Morgan fingerprint density at radius 1 is 1.37 bits per heavy atom. The van der Waals surface area contributed by atoms with Gasteiger partial charge in [0.25, 0.3) is 5.56 Å². The number of H-pyrrole nitrogens is 1. The van der Waals surface area contributed by atoms with E-state index in [-0.39, 0.29) is 5.56 Å². The molecule has 3 nitrogen and oxygen atoms in total. The van der Waals surface area contributed by atoms with Crippen LogP contribution >= 0.6 is 0 Å². The van der Waals surface area contributed by atoms with Crippen LogP contribution in [0.5, 0.6) is 0 Å². The predicted octanol–water partition coefficient (Wildman–Crippen LogP) is 2.81. The van der Waals surface area contributed by atoms with Crippen molar-refractivity contribution in [2.24, 2.45) is 5.92 Å². The van der Waals surface area contributed by atoms with Crippen LogP contribution in [0.15, 0.2) is 35.1 Å². The maximum Gasteiger partial charge on any atom is 0.252 e. The van der Waals surface area contributed by atoms with Crippen molar-refractivity contribution in [1.29, 1.82) is 0 Å². The zero-order valence-electron chi connectivity index (χ0n) is 11.3. The molecule has 0 aliphatic heterocycles. The van der Waals surface area contributed by atoms with Gasteiger partial charge in [-0.15, -0.1) is 0 Å². The van der Waals surface area contributed by atoms with Crippen LogP contribution in [-0.4, -0.2) is 11.0 Å². The molecule has 3 heteroatoms. The van der Waals surface area contributed by atoms with Crippen LogP contribution in [0.4, 0.5) is 0 Å². The maximum atomic E-state index is 12.0. The summed E-state index contributed by atoms with van der Waals surface area (Å²) in [5.41, 5.74) is 1.74. The van der Waals surface area contributed by atoms with E-state index in [1.54, 1.807) is 0 Å². The van der Waals surface area contributed by atoms with E-state index < -0.39 is 0 Å². The van der Waals surface area contributed by atoms with Gasteiger partial charge in [0.05, 0.1) is 0 Å². The van der Waals surface area contributed by atoms with Gasteiger partial charge in [-0.1, -0.05) is 31.0 Å². The number of hydrogen-bond acceptors (Lipinski definition) is 2. The molecule has 1 heterocycles. The van der Waals surface area contributed by atoms with E-state index in [1.165, 1.54) is 19.3 Å². The van der Waals surface area contributed by atoms with Gasteiger partial charge < -0.3 is 10.3 Å². The molecule has 0 spiro atoms. The Morgan fingerprint density at radius 2 is 2.16 bits per heavy atom. The van der Waals surface area contributed by atoms with Gasteiger partial charge in [-0.05, 0) is 36.8 Å². The average molecular weight is 256 g/mol. The normalized spacial score (nSPS) is 16.7. The van der Waals surface area contributed by atoms with Crippen molar-refractivity contribution < 1.29 is 0 Å². The molecule has 1 aliphatic carbocycles. The Hall–Kier alpha value is -1.61. The van der Waals surface area contributed by atoms with E-state index >= 15 is 0 Å². The summed E-state index contributed by atoms with van der Waals surface area (Å²) in [4.78, 5) is 14.9. The lowest BCUT2D eigenvalue weighted by atomic mass is 10.1. The van der Waals surface area contributed by atoms with Crippen molar-refractivity contribution in [1.82, 2.24) is 10.3 Å². The quantitative estimate of drug-likeness (QED) is 0.864. The minimum absolute atomic E-state index is 0.0184. The van der Waals surface area contributed by atoms with E-state index in [4.69, 9.17) is 0 Å². The molecule has 2 aromatic rings. The summed E-state index contributed by atoms with van der Waals surface area (Å²) in [7, 11) is 0. The number of pyridine rings is 1. The Labute approximate surface area is 113 Å². The van der Waals surface area contributed by atoms with E-state index in [0.717, 1.165) is 22.4 Å². The van der Waals surface area contributed by atoms with Crippen molar-refractivity contribution in [3.8, 4) is 0 Å². The minimum atomic E-state index is 0.0184. The molecule has 0 amide bonds. The molecular weight excluding hydrogens is 236 g/mol. The van der Waals surface area contributed by atoms with Gasteiger partial charge in [0.1, 0.15) is 0 Å². The summed E-state index contributed by atoms with van der Waals surface area (Å²) < 4.78 is 0. The van der Waals surface area contributed by atoms with Crippen LogP contribution in [0.3, 0.4) is 0 Å². The van der Waals surface area contributed by atoms with Crippen molar-refractivity contribution in [3.63, 3.8) is 0 Å². The van der Waals surface area contributed by atoms with Gasteiger partial charge >= 0.3 is 0 Å². The summed E-state index contributed by atoms with van der Waals surface area (Å²) in [6.45, 7) is 2.85. The average Bonchev–Trinajstić information content (AvgIpc) is 3.20. The number of benzene rings is 1. The summed E-state index contributed by atoms with van der Waals surface area (Å²) in [6, 6.07) is 10.4. The van der Waals surface area contributed by atoms with Crippen LogP contribution in [0.25, 0.3) is 10.9 Å². The summed E-state index contributed by atoms with van der Waals surface area (Å²) in [6.07, 6.45) is 3.98. The molecule has 1 aromatic heterocycles. The summed E-state index contributed by atoms with van der Waals surface area (Å²) in [5.74, 6) is 0.914. The van der Waals surface area contributed by atoms with Gasteiger partial charge in [-0.3, -0.25) is 4.79 Å². The highest BCUT2D eigenvalue weighted by Crippen LogP contribution is 2.33. The van der Waals surface area contributed by atoms with Crippen molar-refractivity contribution in [2.75, 3.05) is 0 Å². The van der Waals surface area contributed by atoms with Crippen LogP contribution in [0.1, 0.15) is 31.7 Å². The second kappa shape index (κ2) is 5.17. The topological polar surface area (TPSA) is 44.9 Å². The fourth-order valence-corrected chi connectivity index (χ4v) is 2.54. The highest BCUT2D eigenvalue weighted by molar-refractivity contribution is 5.78. The molecule has 1 fully saturated rings. The summed E-state index contributed by atoms with van der Waals surface area (Å²) >= 11 is 0. The minimum Gasteiger partial charge on any atom is -0.322 e. The number of aromatic nitrogens is 1. The standard InChI is InChI=1S/C16H20N2O/c1-11(8-12-6-7-12)17-10-14-9-13-4-2-3-5-15(13)18-16(14)19/h2-5,9,11-12,17H,6-8,10H2,1H3,(H,18,19). The third kappa shape index (κ3) is 3.04. The Bertz CT molecular complexity index is 628. The first-order valence-electron chi connectivity index (χ1n) is 7.06. The number of hydrogen-bond donors (Lipinski definition) is 2. The van der Waals surface area contributed by atoms with Gasteiger partial charge in [-0.2, -0.15) is 0 Å². The number of aromatic amines is 1. The zero-order valence-corrected chi connectivity index (χ0v) is 11.3. The van der Waals surface area contributed by atoms with Crippen molar-refractivity contribution >= 4 is 10.9 Å². The monoisotopic (exact) mass is 256 g/mol. The van der Waals surface area contributed by atoms with E-state index in [2.05, 4.69) is 17.2 Å². The molecule has 1 atom stereocenters. The first-order valence-corrected chi connectivity index (χ1v) is 7.06. The fourth-order valence-electron chi connectivity index (χ4n) is 2.54. The predicted molar refractivity (Wildman–Crippen MR) is 78.2 cm³/mol. The number of rotatable bonds is 5. The molecule has 1 aliphatic rings. The van der Waals surface area contributed by atoms with E-state index in [1.807, 2.05) is 30.3 Å². The number of fused-ring (bicyclic) bond motifs is 1. The van der Waals surface area contributed by atoms with Crippen LogP contribution < -0.4 is 10.9 Å². The van der Waals surface area contributed by atoms with E-state index in [9.17, 15) is 4.79 Å². The van der Waals surface area contributed by atoms with Crippen LogP contribution in [0.2, 0.25) is 0 Å². The fraction of sp³-hybridized carbons (Fsp3) is 0.438. The lowest BCUT2D eigenvalue weighted by molar-refractivity contribution is 0.486. The molecule has 3 rings (SSSR count). The number of para-hydroxylation sites is 1. The SMILES string of the molecule is CC(CC1CC1)NCc1cc2ccccc2[nH]c1=O. The molecule has 2 N–H and O–H groups in total. The maximum absolute atomic E-state index is 12.0. The lowest BCUT2D eigenvalue weighted by Crippen LogP contribution is -2.29. The van der Waals surface area contributed by atoms with Gasteiger partial charge in [0, 0.05) is 23.7 Å². The van der Waals surface area contributed by atoms with Crippen LogP contribution in [-0.2, 0) is 6.54 Å². The third-order valence-corrected chi connectivity index (χ3v) is 3.86. The van der Waals surface area contributed by atoms with Crippen molar-refractivity contribution in [3.05, 3.63) is 46.2 Å². The molecule has 19 heavy (non-hydrogen) atoms.